The van der Waals surface area contributed by atoms with E-state index >= 15 is 0 Å². The molecule has 1 N–H and O–H groups in total. The lowest BCUT2D eigenvalue weighted by atomic mass is 10.2. The Kier molecular flexibility index (Phi) is 4.09. The summed E-state index contributed by atoms with van der Waals surface area (Å²) < 4.78 is 5.03. The number of nitrogens with zero attached hydrogens (tertiary/aromatic N) is 2. The monoisotopic (exact) mass is 253 g/mol. The second-order valence-corrected chi connectivity index (χ2v) is 3.70. The maximum Gasteiger partial charge on any atom is 0.413 e. The van der Waals surface area contributed by atoms with Crippen molar-refractivity contribution in [2.45, 2.75) is 6.61 Å². The predicted octanol–water partition coefficient (Wildman–Crippen LogP) is 2.70. The lowest BCUT2D eigenvalue weighted by Gasteiger charge is -2.07. The average Bonchev–Trinajstić information content (AvgIpc) is 2.47. The number of anilines is 1. The van der Waals surface area contributed by atoms with Gasteiger partial charge in [0.1, 0.15) is 12.7 Å². The Labute approximate surface area is 110 Å². The van der Waals surface area contributed by atoms with E-state index in [1.54, 1.807) is 12.1 Å². The fourth-order valence-electron chi connectivity index (χ4n) is 1.45. The van der Waals surface area contributed by atoms with Crippen LogP contribution in [0, 0.1) is 11.3 Å². The molecule has 0 fully saturated rings. The number of carbonyl (C=O) groups excluding carboxylic acids is 1. The summed E-state index contributed by atoms with van der Waals surface area (Å²) in [5, 5.41) is 11.3. The van der Waals surface area contributed by atoms with Crippen LogP contribution in [-0.2, 0) is 11.3 Å². The highest BCUT2D eigenvalue weighted by Crippen LogP contribution is 2.10. The van der Waals surface area contributed by atoms with Crippen LogP contribution in [0.4, 0.5) is 10.6 Å². The lowest BCUT2D eigenvalue weighted by Crippen LogP contribution is -2.15. The molecule has 0 saturated carbocycles. The summed E-state index contributed by atoms with van der Waals surface area (Å²) >= 11 is 0. The van der Waals surface area contributed by atoms with E-state index in [1.807, 2.05) is 36.4 Å². The molecule has 0 aliphatic rings. The first-order valence-corrected chi connectivity index (χ1v) is 5.62. The summed E-state index contributed by atoms with van der Waals surface area (Å²) in [7, 11) is 0. The SMILES string of the molecule is N#Cc1cccnc1NC(=O)OCc1ccccc1. The van der Waals surface area contributed by atoms with Crippen molar-refractivity contribution in [2.24, 2.45) is 0 Å². The molecule has 1 aromatic heterocycles. The van der Waals surface area contributed by atoms with Crippen molar-refractivity contribution < 1.29 is 9.53 Å². The topological polar surface area (TPSA) is 75.0 Å². The van der Waals surface area contributed by atoms with Gasteiger partial charge >= 0.3 is 6.09 Å². The number of pyridine rings is 1. The molecule has 0 saturated heterocycles. The van der Waals surface area contributed by atoms with Crippen molar-refractivity contribution in [3.8, 4) is 6.07 Å². The molecule has 0 aliphatic heterocycles. The van der Waals surface area contributed by atoms with Gasteiger partial charge in [-0.2, -0.15) is 5.26 Å². The van der Waals surface area contributed by atoms with Gasteiger partial charge in [-0.25, -0.2) is 9.78 Å². The van der Waals surface area contributed by atoms with Gasteiger partial charge in [-0.15, -0.1) is 0 Å². The van der Waals surface area contributed by atoms with Crippen LogP contribution >= 0.6 is 0 Å². The van der Waals surface area contributed by atoms with E-state index in [-0.39, 0.29) is 12.4 Å². The molecule has 1 aromatic carbocycles. The zero-order valence-electron chi connectivity index (χ0n) is 10.0. The van der Waals surface area contributed by atoms with Gasteiger partial charge in [0.25, 0.3) is 0 Å². The molecule has 2 aromatic rings. The van der Waals surface area contributed by atoms with E-state index in [4.69, 9.17) is 10.00 Å². The van der Waals surface area contributed by atoms with E-state index in [0.717, 1.165) is 5.56 Å². The number of carbonyl (C=O) groups is 1. The van der Waals surface area contributed by atoms with Gasteiger partial charge in [-0.3, -0.25) is 5.32 Å². The van der Waals surface area contributed by atoms with E-state index in [2.05, 4.69) is 10.3 Å². The van der Waals surface area contributed by atoms with Crippen molar-refractivity contribution in [1.82, 2.24) is 4.98 Å². The van der Waals surface area contributed by atoms with E-state index < -0.39 is 6.09 Å². The lowest BCUT2D eigenvalue weighted by molar-refractivity contribution is 0.155. The van der Waals surface area contributed by atoms with Crippen molar-refractivity contribution in [2.75, 3.05) is 5.32 Å². The third-order valence-electron chi connectivity index (χ3n) is 2.36. The number of hydrogen-bond acceptors (Lipinski definition) is 4. The Hall–Kier alpha value is -2.87. The molecule has 0 atom stereocenters. The molecule has 0 bridgehead atoms. The highest BCUT2D eigenvalue weighted by molar-refractivity contribution is 5.84. The molecule has 0 unspecified atom stereocenters. The number of hydrogen-bond donors (Lipinski definition) is 1. The van der Waals surface area contributed by atoms with E-state index in [0.29, 0.717) is 5.56 Å². The smallest absolute Gasteiger partial charge is 0.413 e. The van der Waals surface area contributed by atoms with Gasteiger partial charge in [0.05, 0.1) is 5.56 Å². The zero-order chi connectivity index (χ0) is 13.5. The third kappa shape index (κ3) is 3.54. The van der Waals surface area contributed by atoms with Crippen LogP contribution < -0.4 is 5.32 Å². The Bertz CT molecular complexity index is 606. The summed E-state index contributed by atoms with van der Waals surface area (Å²) in [5.74, 6) is 0.197. The van der Waals surface area contributed by atoms with Crippen LogP contribution in [0.25, 0.3) is 0 Å². The quantitative estimate of drug-likeness (QED) is 0.912. The average molecular weight is 253 g/mol. The minimum absolute atomic E-state index is 0.168. The minimum atomic E-state index is -0.640. The summed E-state index contributed by atoms with van der Waals surface area (Å²) in [6.07, 6.45) is 0.854. The van der Waals surface area contributed by atoms with Crippen molar-refractivity contribution in [3.05, 3.63) is 59.8 Å². The predicted molar refractivity (Wildman–Crippen MR) is 69.2 cm³/mol. The number of rotatable bonds is 3. The summed E-state index contributed by atoms with van der Waals surface area (Å²) in [5.41, 5.74) is 1.18. The van der Waals surface area contributed by atoms with Gasteiger partial charge in [-0.05, 0) is 17.7 Å². The van der Waals surface area contributed by atoms with Crippen LogP contribution in [-0.4, -0.2) is 11.1 Å². The second kappa shape index (κ2) is 6.17. The highest BCUT2D eigenvalue weighted by atomic mass is 16.5. The van der Waals surface area contributed by atoms with Gasteiger partial charge in [0, 0.05) is 6.20 Å². The number of amides is 1. The molecule has 1 heterocycles. The molecular weight excluding hydrogens is 242 g/mol. The van der Waals surface area contributed by atoms with Gasteiger partial charge in [0.2, 0.25) is 0 Å². The number of benzene rings is 1. The van der Waals surface area contributed by atoms with E-state index in [1.165, 1.54) is 6.20 Å². The number of ether oxygens (including phenoxy) is 1. The largest absolute Gasteiger partial charge is 0.444 e. The summed E-state index contributed by atoms with van der Waals surface area (Å²) in [6, 6.07) is 14.5. The molecule has 0 aliphatic carbocycles. The molecule has 94 valence electrons. The summed E-state index contributed by atoms with van der Waals surface area (Å²) in [4.78, 5) is 15.5. The van der Waals surface area contributed by atoms with Gasteiger partial charge < -0.3 is 4.74 Å². The van der Waals surface area contributed by atoms with Crippen LogP contribution in [0.3, 0.4) is 0 Å². The minimum Gasteiger partial charge on any atom is -0.444 e. The van der Waals surface area contributed by atoms with Crippen LogP contribution in [0.5, 0.6) is 0 Å². The first-order valence-electron chi connectivity index (χ1n) is 5.62. The molecule has 0 radical (unpaired) electrons. The normalized spacial score (nSPS) is 9.42. The number of nitrogens with one attached hydrogen (secondary N) is 1. The Morgan fingerprint density at radius 1 is 1.26 bits per heavy atom. The second-order valence-electron chi connectivity index (χ2n) is 3.70. The van der Waals surface area contributed by atoms with Gasteiger partial charge in [-0.1, -0.05) is 30.3 Å². The van der Waals surface area contributed by atoms with Gasteiger partial charge in [0.15, 0.2) is 5.82 Å². The molecule has 1 amide bonds. The first-order chi connectivity index (χ1) is 9.29. The third-order valence-corrected chi connectivity index (χ3v) is 2.36. The summed E-state index contributed by atoms with van der Waals surface area (Å²) in [6.45, 7) is 0.168. The van der Waals surface area contributed by atoms with Crippen molar-refractivity contribution >= 4 is 11.9 Å². The molecule has 5 nitrogen and oxygen atoms in total. The molecule has 19 heavy (non-hydrogen) atoms. The number of aromatic nitrogens is 1. The van der Waals surface area contributed by atoms with Crippen molar-refractivity contribution in [1.29, 1.82) is 5.26 Å². The fraction of sp³-hybridized carbons (Fsp3) is 0.0714. The first kappa shape index (κ1) is 12.6. The van der Waals surface area contributed by atoms with Crippen LogP contribution in [0.15, 0.2) is 48.7 Å². The standard InChI is InChI=1S/C14H11N3O2/c15-9-12-7-4-8-16-13(12)17-14(18)19-10-11-5-2-1-3-6-11/h1-8H,10H2,(H,16,17,18). The maximum atomic E-state index is 11.6. The maximum absolute atomic E-state index is 11.6. The molecular formula is C14H11N3O2. The highest BCUT2D eigenvalue weighted by Gasteiger charge is 2.08. The molecule has 5 heteroatoms. The molecule has 0 spiro atoms. The Morgan fingerprint density at radius 2 is 2.05 bits per heavy atom. The fourth-order valence-corrected chi connectivity index (χ4v) is 1.45. The number of nitriles is 1. The van der Waals surface area contributed by atoms with Crippen molar-refractivity contribution in [3.63, 3.8) is 0 Å². The Balaban J connectivity index is 1.93. The Morgan fingerprint density at radius 3 is 2.79 bits per heavy atom. The van der Waals surface area contributed by atoms with E-state index in [9.17, 15) is 4.79 Å². The van der Waals surface area contributed by atoms with Crippen LogP contribution in [0.2, 0.25) is 0 Å². The van der Waals surface area contributed by atoms with Crippen LogP contribution in [0.1, 0.15) is 11.1 Å². The zero-order valence-corrected chi connectivity index (χ0v) is 10.0. The molecule has 2 rings (SSSR count).